The number of rotatable bonds is 3. The summed E-state index contributed by atoms with van der Waals surface area (Å²) < 4.78 is 77.1. The summed E-state index contributed by atoms with van der Waals surface area (Å²) in [5.74, 6) is -0.364. The standard InChI is InChI=1S/C19H15ClF4N2O2S2/c20-14-6-3-12(19(22,23)24)7-16(14)26-17-10-30(27,28)9-15(17)25-18(26)29-8-11-1-4-13(21)5-2-11/h1-7,15,17H,8-10H2/t15-,17+/m1/s1. The zero-order valence-electron chi connectivity index (χ0n) is 15.2. The number of anilines is 1. The monoisotopic (exact) mass is 478 g/mol. The van der Waals surface area contributed by atoms with Crippen molar-refractivity contribution >= 4 is 44.1 Å². The predicted molar refractivity (Wildman–Crippen MR) is 110 cm³/mol. The fraction of sp³-hybridized carbons (Fsp3) is 0.316. The maximum Gasteiger partial charge on any atom is 0.416 e. The first-order valence-corrected chi connectivity index (χ1v) is 12.0. The van der Waals surface area contributed by atoms with E-state index in [1.54, 1.807) is 12.1 Å². The lowest BCUT2D eigenvalue weighted by Gasteiger charge is -2.28. The van der Waals surface area contributed by atoms with E-state index < -0.39 is 33.7 Å². The van der Waals surface area contributed by atoms with Crippen LogP contribution in [0.5, 0.6) is 0 Å². The maximum absolute atomic E-state index is 13.3. The molecule has 4 nitrogen and oxygen atoms in total. The highest BCUT2D eigenvalue weighted by atomic mass is 35.5. The molecule has 0 N–H and O–H groups in total. The third-order valence-corrected chi connectivity index (χ3v) is 7.98. The first kappa shape index (κ1) is 21.5. The molecule has 0 saturated carbocycles. The number of alkyl halides is 3. The molecular formula is C19H15ClF4N2O2S2. The van der Waals surface area contributed by atoms with Gasteiger partial charge in [-0.15, -0.1) is 0 Å². The van der Waals surface area contributed by atoms with Gasteiger partial charge in [-0.1, -0.05) is 35.5 Å². The van der Waals surface area contributed by atoms with E-state index in [9.17, 15) is 26.0 Å². The first-order valence-electron chi connectivity index (χ1n) is 8.85. The molecule has 11 heteroatoms. The molecule has 0 radical (unpaired) electrons. The van der Waals surface area contributed by atoms with E-state index in [1.807, 2.05) is 0 Å². The molecule has 2 atom stereocenters. The van der Waals surface area contributed by atoms with Crippen molar-refractivity contribution in [2.45, 2.75) is 24.0 Å². The summed E-state index contributed by atoms with van der Waals surface area (Å²) in [7, 11) is -3.36. The zero-order valence-corrected chi connectivity index (χ0v) is 17.6. The molecule has 0 spiro atoms. The maximum atomic E-state index is 13.3. The molecule has 2 aliphatic rings. The smallest absolute Gasteiger partial charge is 0.313 e. The SMILES string of the molecule is O=S1(=O)C[C@H]2N=C(SCc3ccc(F)cc3)N(c3cc(C(F)(F)F)ccc3Cl)[C@H]2C1. The minimum absolute atomic E-state index is 0.0708. The molecule has 0 aromatic heterocycles. The van der Waals surface area contributed by atoms with E-state index in [1.165, 1.54) is 28.8 Å². The van der Waals surface area contributed by atoms with Gasteiger partial charge >= 0.3 is 6.18 Å². The molecular weight excluding hydrogens is 464 g/mol. The van der Waals surface area contributed by atoms with Gasteiger partial charge in [0.1, 0.15) is 5.82 Å². The van der Waals surface area contributed by atoms with Gasteiger partial charge in [0.15, 0.2) is 15.0 Å². The van der Waals surface area contributed by atoms with Crippen LogP contribution in [0.1, 0.15) is 11.1 Å². The second kappa shape index (κ2) is 7.72. The Hall–Kier alpha value is -1.78. The summed E-state index contributed by atoms with van der Waals surface area (Å²) >= 11 is 7.47. The van der Waals surface area contributed by atoms with Gasteiger partial charge in [-0.3, -0.25) is 4.99 Å². The largest absolute Gasteiger partial charge is 0.416 e. The number of aliphatic imine (C=N–C) groups is 1. The van der Waals surface area contributed by atoms with Gasteiger partial charge < -0.3 is 4.90 Å². The Balaban J connectivity index is 1.69. The molecule has 2 aliphatic heterocycles. The number of nitrogens with zero attached hydrogens (tertiary/aromatic N) is 2. The Morgan fingerprint density at radius 3 is 2.50 bits per heavy atom. The first-order chi connectivity index (χ1) is 14.0. The number of benzene rings is 2. The van der Waals surface area contributed by atoms with Crippen molar-refractivity contribution in [2.24, 2.45) is 4.99 Å². The summed E-state index contributed by atoms with van der Waals surface area (Å²) in [5.41, 5.74) is -0.0144. The van der Waals surface area contributed by atoms with E-state index >= 15 is 0 Å². The van der Waals surface area contributed by atoms with E-state index in [4.69, 9.17) is 11.6 Å². The highest BCUT2D eigenvalue weighted by Crippen LogP contribution is 2.41. The Bertz CT molecular complexity index is 1100. The van der Waals surface area contributed by atoms with Crippen LogP contribution >= 0.6 is 23.4 Å². The third kappa shape index (κ3) is 4.31. The van der Waals surface area contributed by atoms with Gasteiger partial charge in [0.25, 0.3) is 0 Å². The molecule has 4 rings (SSSR count). The summed E-state index contributed by atoms with van der Waals surface area (Å²) in [6.45, 7) is 0. The molecule has 0 unspecified atom stereocenters. The van der Waals surface area contributed by atoms with Crippen molar-refractivity contribution in [3.05, 3.63) is 64.4 Å². The van der Waals surface area contributed by atoms with Gasteiger partial charge in [0.05, 0.1) is 39.9 Å². The molecule has 0 aliphatic carbocycles. The van der Waals surface area contributed by atoms with Crippen LogP contribution in [0.15, 0.2) is 47.5 Å². The summed E-state index contributed by atoms with van der Waals surface area (Å²) in [4.78, 5) is 5.98. The van der Waals surface area contributed by atoms with E-state index in [0.717, 1.165) is 23.8 Å². The molecule has 2 aromatic rings. The minimum atomic E-state index is -4.57. The van der Waals surface area contributed by atoms with Crippen molar-refractivity contribution in [1.82, 2.24) is 0 Å². The minimum Gasteiger partial charge on any atom is -0.313 e. The van der Waals surface area contributed by atoms with E-state index in [2.05, 4.69) is 4.99 Å². The highest BCUT2D eigenvalue weighted by Gasteiger charge is 2.48. The molecule has 30 heavy (non-hydrogen) atoms. The molecule has 2 heterocycles. The molecule has 160 valence electrons. The highest BCUT2D eigenvalue weighted by molar-refractivity contribution is 8.13. The lowest BCUT2D eigenvalue weighted by Crippen LogP contribution is -2.39. The molecule has 0 bridgehead atoms. The Morgan fingerprint density at radius 1 is 1.13 bits per heavy atom. The summed E-state index contributed by atoms with van der Waals surface area (Å²) in [6, 6.07) is 7.60. The Kier molecular flexibility index (Phi) is 5.52. The van der Waals surface area contributed by atoms with Crippen molar-refractivity contribution < 1.29 is 26.0 Å². The van der Waals surface area contributed by atoms with Gasteiger partial charge in [-0.25, -0.2) is 12.8 Å². The Labute approximate surface area is 179 Å². The number of amidine groups is 1. The van der Waals surface area contributed by atoms with Crippen LogP contribution in [0.25, 0.3) is 0 Å². The van der Waals surface area contributed by atoms with Crippen LogP contribution in [-0.2, 0) is 21.8 Å². The zero-order chi connectivity index (χ0) is 21.7. The second-order valence-electron chi connectivity index (χ2n) is 7.07. The van der Waals surface area contributed by atoms with E-state index in [-0.39, 0.29) is 28.0 Å². The van der Waals surface area contributed by atoms with Crippen LogP contribution < -0.4 is 4.90 Å². The molecule has 0 amide bonds. The quantitative estimate of drug-likeness (QED) is 0.596. The van der Waals surface area contributed by atoms with Gasteiger partial charge in [-0.05, 0) is 35.9 Å². The number of fused-ring (bicyclic) bond motifs is 1. The molecule has 2 aromatic carbocycles. The fourth-order valence-electron chi connectivity index (χ4n) is 3.52. The average molecular weight is 479 g/mol. The average Bonchev–Trinajstić information content (AvgIpc) is 3.12. The van der Waals surface area contributed by atoms with Crippen LogP contribution in [0.3, 0.4) is 0 Å². The van der Waals surface area contributed by atoms with Crippen molar-refractivity contribution in [3.8, 4) is 0 Å². The van der Waals surface area contributed by atoms with Crippen molar-refractivity contribution in [1.29, 1.82) is 0 Å². The van der Waals surface area contributed by atoms with Crippen LogP contribution in [0.4, 0.5) is 23.2 Å². The summed E-state index contributed by atoms with van der Waals surface area (Å²) in [6.07, 6.45) is -4.57. The number of thioether (sulfide) groups is 1. The number of hydrogen-bond acceptors (Lipinski definition) is 5. The van der Waals surface area contributed by atoms with Crippen molar-refractivity contribution in [3.63, 3.8) is 0 Å². The molecule has 1 fully saturated rings. The number of halogens is 5. The van der Waals surface area contributed by atoms with Crippen LogP contribution in [-0.4, -0.2) is 37.2 Å². The fourth-order valence-corrected chi connectivity index (χ4v) is 6.64. The van der Waals surface area contributed by atoms with Crippen LogP contribution in [0, 0.1) is 5.82 Å². The van der Waals surface area contributed by atoms with Gasteiger partial charge in [-0.2, -0.15) is 13.2 Å². The lowest BCUT2D eigenvalue weighted by atomic mass is 10.1. The van der Waals surface area contributed by atoms with Gasteiger partial charge in [0, 0.05) is 5.75 Å². The number of hydrogen-bond donors (Lipinski definition) is 0. The third-order valence-electron chi connectivity index (χ3n) is 4.92. The number of sulfone groups is 1. The normalized spacial score (nSPS) is 22.8. The lowest BCUT2D eigenvalue weighted by molar-refractivity contribution is -0.137. The Morgan fingerprint density at radius 2 is 1.83 bits per heavy atom. The van der Waals surface area contributed by atoms with Crippen molar-refractivity contribution in [2.75, 3.05) is 16.4 Å². The van der Waals surface area contributed by atoms with E-state index in [0.29, 0.717) is 10.9 Å². The topological polar surface area (TPSA) is 49.7 Å². The van der Waals surface area contributed by atoms with Crippen LogP contribution in [0.2, 0.25) is 5.02 Å². The second-order valence-corrected chi connectivity index (χ2v) is 10.6. The van der Waals surface area contributed by atoms with Gasteiger partial charge in [0.2, 0.25) is 0 Å². The predicted octanol–water partition coefficient (Wildman–Crippen LogP) is 4.77. The molecule has 1 saturated heterocycles. The summed E-state index contributed by atoms with van der Waals surface area (Å²) in [5, 5.41) is 0.466.